The lowest BCUT2D eigenvalue weighted by atomic mass is 9.76. The van der Waals surface area contributed by atoms with Crippen molar-refractivity contribution in [2.45, 2.75) is 26.7 Å². The van der Waals surface area contributed by atoms with Crippen LogP contribution in [0.4, 0.5) is 17.5 Å². The van der Waals surface area contributed by atoms with Crippen LogP contribution in [0.1, 0.15) is 36.3 Å². The van der Waals surface area contributed by atoms with Gasteiger partial charge in [-0.05, 0) is 24.0 Å². The van der Waals surface area contributed by atoms with Crippen LogP contribution in [0.5, 0.6) is 5.75 Å². The van der Waals surface area contributed by atoms with Gasteiger partial charge in [-0.3, -0.25) is 4.79 Å². The van der Waals surface area contributed by atoms with E-state index in [2.05, 4.69) is 29.1 Å². The van der Waals surface area contributed by atoms with Gasteiger partial charge in [0.1, 0.15) is 11.6 Å². The zero-order valence-corrected chi connectivity index (χ0v) is 13.5. The standard InChI is InChI=1S/C17H20N4O2/c1-17(2)8-11-14(12(22)9-17)15(18)21-16(20-11)19-10-6-4-5-7-13(10)23-3/h4-7H,8-9H2,1-3H3,(H3,18,19,20,21). The van der Waals surface area contributed by atoms with Crippen LogP contribution < -0.4 is 15.8 Å². The lowest BCUT2D eigenvalue weighted by molar-refractivity contribution is 0.0911. The summed E-state index contributed by atoms with van der Waals surface area (Å²) < 4.78 is 5.31. The molecule has 1 aromatic heterocycles. The minimum atomic E-state index is -0.118. The highest BCUT2D eigenvalue weighted by atomic mass is 16.5. The Kier molecular flexibility index (Phi) is 3.67. The maximum Gasteiger partial charge on any atom is 0.229 e. The second kappa shape index (κ2) is 5.53. The molecule has 0 amide bonds. The number of aromatic nitrogens is 2. The number of nitrogens with one attached hydrogen (secondary N) is 1. The van der Waals surface area contributed by atoms with Gasteiger partial charge in [0.2, 0.25) is 5.95 Å². The number of fused-ring (bicyclic) bond motifs is 1. The summed E-state index contributed by atoms with van der Waals surface area (Å²) in [5.41, 5.74) is 7.80. The quantitative estimate of drug-likeness (QED) is 0.905. The summed E-state index contributed by atoms with van der Waals surface area (Å²) >= 11 is 0. The first-order valence-electron chi connectivity index (χ1n) is 7.49. The van der Waals surface area contributed by atoms with E-state index in [1.165, 1.54) is 0 Å². The van der Waals surface area contributed by atoms with Gasteiger partial charge < -0.3 is 15.8 Å². The van der Waals surface area contributed by atoms with Crippen molar-refractivity contribution in [2.75, 3.05) is 18.2 Å². The molecule has 0 fully saturated rings. The van der Waals surface area contributed by atoms with Crippen LogP contribution in [0.2, 0.25) is 0 Å². The number of nitrogen functional groups attached to an aromatic ring is 1. The molecule has 120 valence electrons. The van der Waals surface area contributed by atoms with E-state index in [9.17, 15) is 4.79 Å². The summed E-state index contributed by atoms with van der Waals surface area (Å²) in [6, 6.07) is 7.48. The Labute approximate surface area is 135 Å². The molecule has 0 atom stereocenters. The molecule has 0 aliphatic heterocycles. The largest absolute Gasteiger partial charge is 0.495 e. The number of nitrogens with zero attached hydrogens (tertiary/aromatic N) is 2. The summed E-state index contributed by atoms with van der Waals surface area (Å²) in [7, 11) is 1.60. The molecule has 0 saturated carbocycles. The summed E-state index contributed by atoms with van der Waals surface area (Å²) in [5.74, 6) is 1.30. The number of hydrogen-bond acceptors (Lipinski definition) is 6. The molecule has 0 radical (unpaired) electrons. The molecule has 1 heterocycles. The van der Waals surface area contributed by atoms with Crippen molar-refractivity contribution in [2.24, 2.45) is 5.41 Å². The number of ether oxygens (including phenoxy) is 1. The minimum Gasteiger partial charge on any atom is -0.495 e. The van der Waals surface area contributed by atoms with Crippen molar-refractivity contribution >= 4 is 23.2 Å². The Hall–Kier alpha value is -2.63. The number of methoxy groups -OCH3 is 1. The van der Waals surface area contributed by atoms with Crippen molar-refractivity contribution < 1.29 is 9.53 Å². The third kappa shape index (κ3) is 2.97. The third-order valence-corrected chi connectivity index (χ3v) is 3.93. The van der Waals surface area contributed by atoms with E-state index in [-0.39, 0.29) is 17.0 Å². The van der Waals surface area contributed by atoms with Crippen molar-refractivity contribution in [3.05, 3.63) is 35.5 Å². The van der Waals surface area contributed by atoms with Crippen LogP contribution >= 0.6 is 0 Å². The van der Waals surface area contributed by atoms with Gasteiger partial charge in [-0.1, -0.05) is 26.0 Å². The van der Waals surface area contributed by atoms with Crippen LogP contribution in [-0.4, -0.2) is 22.9 Å². The van der Waals surface area contributed by atoms with Crippen molar-refractivity contribution in [1.82, 2.24) is 9.97 Å². The minimum absolute atomic E-state index is 0.0117. The lowest BCUT2D eigenvalue weighted by Crippen LogP contribution is -2.29. The molecule has 1 aliphatic rings. The molecule has 2 aromatic rings. The van der Waals surface area contributed by atoms with Crippen LogP contribution in [-0.2, 0) is 6.42 Å². The number of ketones is 1. The molecule has 1 aromatic carbocycles. The fourth-order valence-electron chi connectivity index (χ4n) is 2.92. The third-order valence-electron chi connectivity index (χ3n) is 3.93. The number of Topliss-reactive ketones (excluding diaryl/α,β-unsaturated/α-hetero) is 1. The molecule has 0 bridgehead atoms. The number of carbonyl (C=O) groups is 1. The fraction of sp³-hybridized carbons (Fsp3) is 0.353. The van der Waals surface area contributed by atoms with E-state index >= 15 is 0 Å². The first-order valence-corrected chi connectivity index (χ1v) is 7.49. The Morgan fingerprint density at radius 1 is 1.22 bits per heavy atom. The van der Waals surface area contributed by atoms with Gasteiger partial charge in [0.25, 0.3) is 0 Å². The number of carbonyl (C=O) groups excluding carboxylic acids is 1. The molecule has 23 heavy (non-hydrogen) atoms. The normalized spacial score (nSPS) is 15.9. The molecule has 1 aliphatic carbocycles. The first-order chi connectivity index (χ1) is 10.9. The number of hydrogen-bond donors (Lipinski definition) is 2. The molecular formula is C17H20N4O2. The Bertz CT molecular complexity index is 771. The number of rotatable bonds is 3. The van der Waals surface area contributed by atoms with Crippen molar-refractivity contribution in [1.29, 1.82) is 0 Å². The lowest BCUT2D eigenvalue weighted by Gasteiger charge is -2.29. The van der Waals surface area contributed by atoms with Crippen LogP contribution in [0.3, 0.4) is 0 Å². The van der Waals surface area contributed by atoms with E-state index in [0.717, 1.165) is 5.69 Å². The molecule has 6 nitrogen and oxygen atoms in total. The second-order valence-corrected chi connectivity index (χ2v) is 6.52. The average molecular weight is 312 g/mol. The molecule has 0 saturated heterocycles. The van der Waals surface area contributed by atoms with Gasteiger partial charge in [0.15, 0.2) is 5.78 Å². The molecule has 3 rings (SSSR count). The van der Waals surface area contributed by atoms with E-state index < -0.39 is 0 Å². The Morgan fingerprint density at radius 3 is 2.70 bits per heavy atom. The molecular weight excluding hydrogens is 292 g/mol. The summed E-state index contributed by atoms with van der Waals surface area (Å²) in [6.45, 7) is 4.11. The number of benzene rings is 1. The van der Waals surface area contributed by atoms with Gasteiger partial charge in [-0.15, -0.1) is 0 Å². The van der Waals surface area contributed by atoms with E-state index in [1.807, 2.05) is 24.3 Å². The molecule has 3 N–H and O–H groups in total. The number of para-hydroxylation sites is 2. The topological polar surface area (TPSA) is 90.1 Å². The average Bonchev–Trinajstić information content (AvgIpc) is 2.45. The van der Waals surface area contributed by atoms with Gasteiger partial charge in [0, 0.05) is 6.42 Å². The maximum absolute atomic E-state index is 12.3. The molecule has 0 unspecified atom stereocenters. The van der Waals surface area contributed by atoms with Crippen molar-refractivity contribution in [3.8, 4) is 5.75 Å². The van der Waals surface area contributed by atoms with Crippen LogP contribution in [0, 0.1) is 5.41 Å². The predicted octanol–water partition coefficient (Wildman–Crippen LogP) is 2.97. The van der Waals surface area contributed by atoms with E-state index in [1.54, 1.807) is 7.11 Å². The highest BCUT2D eigenvalue weighted by molar-refractivity contribution is 6.02. The zero-order valence-electron chi connectivity index (χ0n) is 13.5. The second-order valence-electron chi connectivity index (χ2n) is 6.52. The van der Waals surface area contributed by atoms with E-state index in [0.29, 0.717) is 35.8 Å². The molecule has 6 heteroatoms. The monoisotopic (exact) mass is 312 g/mol. The fourth-order valence-corrected chi connectivity index (χ4v) is 2.92. The zero-order chi connectivity index (χ0) is 16.6. The number of anilines is 3. The van der Waals surface area contributed by atoms with Gasteiger partial charge in [-0.2, -0.15) is 4.98 Å². The summed E-state index contributed by atoms with van der Waals surface area (Å²) in [4.78, 5) is 21.0. The SMILES string of the molecule is COc1ccccc1Nc1nc(N)c2c(n1)CC(C)(C)CC2=O. The summed E-state index contributed by atoms with van der Waals surface area (Å²) in [6.07, 6.45) is 1.16. The maximum atomic E-state index is 12.3. The highest BCUT2D eigenvalue weighted by Gasteiger charge is 2.34. The van der Waals surface area contributed by atoms with Crippen LogP contribution in [0.15, 0.2) is 24.3 Å². The highest BCUT2D eigenvalue weighted by Crippen LogP contribution is 2.36. The summed E-state index contributed by atoms with van der Waals surface area (Å²) in [5, 5.41) is 3.12. The van der Waals surface area contributed by atoms with E-state index in [4.69, 9.17) is 10.5 Å². The smallest absolute Gasteiger partial charge is 0.229 e. The van der Waals surface area contributed by atoms with Gasteiger partial charge in [-0.25, -0.2) is 4.98 Å². The van der Waals surface area contributed by atoms with Gasteiger partial charge >= 0.3 is 0 Å². The van der Waals surface area contributed by atoms with Crippen molar-refractivity contribution in [3.63, 3.8) is 0 Å². The Balaban J connectivity index is 2.00. The number of nitrogens with two attached hydrogens (primary N) is 1. The Morgan fingerprint density at radius 2 is 1.96 bits per heavy atom. The van der Waals surface area contributed by atoms with Gasteiger partial charge in [0.05, 0.1) is 24.1 Å². The first kappa shape index (κ1) is 15.3. The molecule has 0 spiro atoms. The predicted molar refractivity (Wildman–Crippen MR) is 89.2 cm³/mol. The van der Waals surface area contributed by atoms with Crippen LogP contribution in [0.25, 0.3) is 0 Å².